The highest BCUT2D eigenvalue weighted by Gasteiger charge is 2.10. The molecule has 0 radical (unpaired) electrons. The van der Waals surface area contributed by atoms with Gasteiger partial charge in [-0.15, -0.1) is 0 Å². The topological polar surface area (TPSA) is 53.1 Å². The Balaban J connectivity index is 2.09. The number of nitrogens with two attached hydrogens (primary N) is 1. The largest absolute Gasteiger partial charge is 0.487 e. The molecule has 0 saturated heterocycles. The molecule has 2 aromatic rings. The zero-order valence-corrected chi connectivity index (χ0v) is 10.8. The lowest BCUT2D eigenvalue weighted by molar-refractivity contribution is 0.295. The second-order valence-corrected chi connectivity index (χ2v) is 4.32. The molecule has 0 bridgehead atoms. The smallest absolute Gasteiger partial charge is 0.132 e. The van der Waals surface area contributed by atoms with Crippen molar-refractivity contribution < 1.29 is 4.74 Å². The summed E-state index contributed by atoms with van der Waals surface area (Å²) in [6, 6.07) is 9.88. The number of rotatable bonds is 5. The lowest BCUT2D eigenvalue weighted by atomic mass is 10.0. The first-order valence-electron chi connectivity index (χ1n) is 6.16. The maximum atomic E-state index is 6.07. The Kier molecular flexibility index (Phi) is 3.99. The molecule has 1 aromatic carbocycles. The zero-order chi connectivity index (χ0) is 13.0. The highest BCUT2D eigenvalue weighted by atomic mass is 16.5. The van der Waals surface area contributed by atoms with Gasteiger partial charge in [-0.05, 0) is 18.6 Å². The third-order valence-corrected chi connectivity index (χ3v) is 2.90. The van der Waals surface area contributed by atoms with Crippen LogP contribution in [0.3, 0.4) is 0 Å². The van der Waals surface area contributed by atoms with Crippen LogP contribution >= 0.6 is 0 Å². The van der Waals surface area contributed by atoms with Crippen LogP contribution in [-0.4, -0.2) is 9.78 Å². The average molecular weight is 245 g/mol. The Hall–Kier alpha value is -1.81. The summed E-state index contributed by atoms with van der Waals surface area (Å²) in [5.41, 5.74) is 8.03. The van der Waals surface area contributed by atoms with Gasteiger partial charge in [0.2, 0.25) is 0 Å². The van der Waals surface area contributed by atoms with Crippen molar-refractivity contribution in [2.75, 3.05) is 0 Å². The molecule has 1 aromatic heterocycles. The van der Waals surface area contributed by atoms with Gasteiger partial charge >= 0.3 is 0 Å². The monoisotopic (exact) mass is 245 g/mol. The van der Waals surface area contributed by atoms with Crippen LogP contribution in [0, 0.1) is 0 Å². The van der Waals surface area contributed by atoms with Crippen LogP contribution in [-0.2, 0) is 13.7 Å². The minimum absolute atomic E-state index is 0.0185. The van der Waals surface area contributed by atoms with Gasteiger partial charge in [0.1, 0.15) is 12.4 Å². The Morgan fingerprint density at radius 3 is 2.78 bits per heavy atom. The van der Waals surface area contributed by atoms with Crippen molar-refractivity contribution in [3.05, 3.63) is 47.8 Å². The SMILES string of the molecule is CC[C@H](N)c1ccccc1OCc1ccn(C)n1. The summed E-state index contributed by atoms with van der Waals surface area (Å²) in [5.74, 6) is 0.845. The van der Waals surface area contributed by atoms with Gasteiger partial charge in [0.25, 0.3) is 0 Å². The third kappa shape index (κ3) is 2.90. The number of aryl methyl sites for hydroxylation is 1. The van der Waals surface area contributed by atoms with E-state index in [2.05, 4.69) is 12.0 Å². The molecule has 0 fully saturated rings. The second-order valence-electron chi connectivity index (χ2n) is 4.32. The molecular formula is C14H19N3O. The number of nitrogens with zero attached hydrogens (tertiary/aromatic N) is 2. The Morgan fingerprint density at radius 1 is 1.33 bits per heavy atom. The quantitative estimate of drug-likeness (QED) is 0.880. The van der Waals surface area contributed by atoms with E-state index in [4.69, 9.17) is 10.5 Å². The van der Waals surface area contributed by atoms with E-state index in [0.717, 1.165) is 23.4 Å². The van der Waals surface area contributed by atoms with E-state index in [1.807, 2.05) is 43.6 Å². The summed E-state index contributed by atoms with van der Waals surface area (Å²) < 4.78 is 7.57. The van der Waals surface area contributed by atoms with E-state index < -0.39 is 0 Å². The molecule has 0 aliphatic rings. The summed E-state index contributed by atoms with van der Waals surface area (Å²) in [7, 11) is 1.89. The van der Waals surface area contributed by atoms with Gasteiger partial charge in [0.05, 0.1) is 5.69 Å². The van der Waals surface area contributed by atoms with Gasteiger partial charge in [-0.2, -0.15) is 5.10 Å². The van der Waals surface area contributed by atoms with Crippen LogP contribution in [0.2, 0.25) is 0 Å². The van der Waals surface area contributed by atoms with Gasteiger partial charge in [0.15, 0.2) is 0 Å². The van der Waals surface area contributed by atoms with Crippen molar-refractivity contribution >= 4 is 0 Å². The second kappa shape index (κ2) is 5.69. The van der Waals surface area contributed by atoms with Crippen molar-refractivity contribution in [1.82, 2.24) is 9.78 Å². The van der Waals surface area contributed by atoms with Crippen LogP contribution in [0.15, 0.2) is 36.5 Å². The van der Waals surface area contributed by atoms with Crippen molar-refractivity contribution in [2.45, 2.75) is 26.0 Å². The molecule has 0 saturated carbocycles. The van der Waals surface area contributed by atoms with Crippen molar-refractivity contribution in [1.29, 1.82) is 0 Å². The summed E-state index contributed by atoms with van der Waals surface area (Å²) in [5, 5.41) is 4.28. The predicted octanol–water partition coefficient (Wildman–Crippen LogP) is 2.41. The van der Waals surface area contributed by atoms with Crippen LogP contribution in [0.1, 0.15) is 30.6 Å². The van der Waals surface area contributed by atoms with Gasteiger partial charge in [-0.1, -0.05) is 25.1 Å². The Labute approximate surface area is 107 Å². The molecule has 18 heavy (non-hydrogen) atoms. The fraction of sp³-hybridized carbons (Fsp3) is 0.357. The lowest BCUT2D eigenvalue weighted by Crippen LogP contribution is -2.11. The van der Waals surface area contributed by atoms with E-state index in [1.54, 1.807) is 4.68 Å². The number of para-hydroxylation sites is 1. The lowest BCUT2D eigenvalue weighted by Gasteiger charge is -2.15. The number of hydrogen-bond acceptors (Lipinski definition) is 3. The molecule has 0 aliphatic heterocycles. The molecule has 4 heteroatoms. The molecule has 96 valence electrons. The van der Waals surface area contributed by atoms with E-state index in [0.29, 0.717) is 6.61 Å². The molecule has 2 N–H and O–H groups in total. The summed E-state index contributed by atoms with van der Waals surface area (Å²) in [4.78, 5) is 0. The van der Waals surface area contributed by atoms with E-state index in [9.17, 15) is 0 Å². The minimum atomic E-state index is 0.0185. The van der Waals surface area contributed by atoms with Crippen LogP contribution in [0.4, 0.5) is 0 Å². The molecule has 0 amide bonds. The summed E-state index contributed by atoms with van der Waals surface area (Å²) in [6.07, 6.45) is 2.80. The van der Waals surface area contributed by atoms with Crippen molar-refractivity contribution in [2.24, 2.45) is 12.8 Å². The zero-order valence-electron chi connectivity index (χ0n) is 10.8. The first-order chi connectivity index (χ1) is 8.70. The minimum Gasteiger partial charge on any atom is -0.487 e. The Morgan fingerprint density at radius 2 is 2.11 bits per heavy atom. The predicted molar refractivity (Wildman–Crippen MR) is 71.2 cm³/mol. The van der Waals surface area contributed by atoms with Crippen LogP contribution in [0.5, 0.6) is 5.75 Å². The van der Waals surface area contributed by atoms with E-state index >= 15 is 0 Å². The number of ether oxygens (including phenoxy) is 1. The molecular weight excluding hydrogens is 226 g/mol. The molecule has 4 nitrogen and oxygen atoms in total. The average Bonchev–Trinajstić information content (AvgIpc) is 2.81. The van der Waals surface area contributed by atoms with E-state index in [1.165, 1.54) is 0 Å². The first-order valence-corrected chi connectivity index (χ1v) is 6.16. The van der Waals surface area contributed by atoms with Gasteiger partial charge < -0.3 is 10.5 Å². The molecule has 0 spiro atoms. The van der Waals surface area contributed by atoms with E-state index in [-0.39, 0.29) is 6.04 Å². The Bertz CT molecular complexity index is 507. The standard InChI is InChI=1S/C14H19N3O/c1-3-13(15)12-6-4-5-7-14(12)18-10-11-8-9-17(2)16-11/h4-9,13H,3,10,15H2,1-2H3/t13-/m0/s1. The molecule has 1 heterocycles. The fourth-order valence-electron chi connectivity index (χ4n) is 1.83. The van der Waals surface area contributed by atoms with Gasteiger partial charge in [0, 0.05) is 24.8 Å². The number of benzene rings is 1. The molecule has 0 unspecified atom stereocenters. The number of aromatic nitrogens is 2. The summed E-state index contributed by atoms with van der Waals surface area (Å²) >= 11 is 0. The van der Waals surface area contributed by atoms with Crippen LogP contribution in [0.25, 0.3) is 0 Å². The van der Waals surface area contributed by atoms with Gasteiger partial charge in [-0.25, -0.2) is 0 Å². The molecule has 2 rings (SSSR count). The fourth-order valence-corrected chi connectivity index (χ4v) is 1.83. The number of hydrogen-bond donors (Lipinski definition) is 1. The highest BCUT2D eigenvalue weighted by molar-refractivity contribution is 5.35. The highest BCUT2D eigenvalue weighted by Crippen LogP contribution is 2.25. The first kappa shape index (κ1) is 12.6. The summed E-state index contributed by atoms with van der Waals surface area (Å²) in [6.45, 7) is 2.54. The maximum Gasteiger partial charge on any atom is 0.132 e. The normalized spacial score (nSPS) is 12.4. The molecule has 0 aliphatic carbocycles. The van der Waals surface area contributed by atoms with Crippen molar-refractivity contribution in [3.63, 3.8) is 0 Å². The maximum absolute atomic E-state index is 6.07. The molecule has 1 atom stereocenters. The third-order valence-electron chi connectivity index (χ3n) is 2.90. The van der Waals surface area contributed by atoms with Crippen LogP contribution < -0.4 is 10.5 Å². The van der Waals surface area contributed by atoms with Crippen molar-refractivity contribution in [3.8, 4) is 5.75 Å². The van der Waals surface area contributed by atoms with Gasteiger partial charge in [-0.3, -0.25) is 4.68 Å².